The first kappa shape index (κ1) is 10.7. The van der Waals surface area contributed by atoms with E-state index in [2.05, 4.69) is 15.3 Å². The molecule has 3 aromatic rings. The molecule has 2 aromatic carbocycles. The molecule has 0 aliphatic carbocycles. The van der Waals surface area contributed by atoms with Crippen molar-refractivity contribution in [2.75, 3.05) is 5.32 Å². The molecule has 0 saturated heterocycles. The van der Waals surface area contributed by atoms with Gasteiger partial charge in [0.15, 0.2) is 0 Å². The SMILES string of the molecule is CC(=O)Nc1cccc2nc3ccccc3nc12. The topological polar surface area (TPSA) is 54.9 Å². The Bertz CT molecular complexity index is 752. The van der Waals surface area contributed by atoms with Crippen molar-refractivity contribution in [3.63, 3.8) is 0 Å². The molecule has 1 aromatic heterocycles. The lowest BCUT2D eigenvalue weighted by Gasteiger charge is -2.06. The molecule has 3 rings (SSSR count). The molecule has 0 spiro atoms. The van der Waals surface area contributed by atoms with Crippen LogP contribution in [0.1, 0.15) is 6.92 Å². The summed E-state index contributed by atoms with van der Waals surface area (Å²) in [4.78, 5) is 20.2. The van der Waals surface area contributed by atoms with Gasteiger partial charge in [0, 0.05) is 6.92 Å². The summed E-state index contributed by atoms with van der Waals surface area (Å²) in [6, 6.07) is 13.3. The van der Waals surface area contributed by atoms with E-state index in [-0.39, 0.29) is 5.91 Å². The van der Waals surface area contributed by atoms with Gasteiger partial charge in [-0.15, -0.1) is 0 Å². The van der Waals surface area contributed by atoms with E-state index in [1.54, 1.807) is 0 Å². The fourth-order valence-electron chi connectivity index (χ4n) is 1.93. The zero-order valence-electron chi connectivity index (χ0n) is 9.84. The summed E-state index contributed by atoms with van der Waals surface area (Å²) < 4.78 is 0. The van der Waals surface area contributed by atoms with Crippen LogP contribution in [0.15, 0.2) is 42.5 Å². The Morgan fingerprint density at radius 1 is 0.944 bits per heavy atom. The highest BCUT2D eigenvalue weighted by Crippen LogP contribution is 2.22. The van der Waals surface area contributed by atoms with Crippen molar-refractivity contribution in [1.82, 2.24) is 9.97 Å². The number of nitrogens with one attached hydrogen (secondary N) is 1. The summed E-state index contributed by atoms with van der Waals surface area (Å²) in [5, 5.41) is 2.77. The Morgan fingerprint density at radius 3 is 2.33 bits per heavy atom. The van der Waals surface area contributed by atoms with E-state index in [4.69, 9.17) is 0 Å². The van der Waals surface area contributed by atoms with Crippen LogP contribution in [0.25, 0.3) is 22.1 Å². The quantitative estimate of drug-likeness (QED) is 0.662. The molecule has 88 valence electrons. The predicted molar refractivity (Wildman–Crippen MR) is 71.3 cm³/mol. The fraction of sp³-hybridized carbons (Fsp3) is 0.0714. The van der Waals surface area contributed by atoms with Gasteiger partial charge in [0.1, 0.15) is 5.52 Å². The van der Waals surface area contributed by atoms with Crippen molar-refractivity contribution >= 4 is 33.7 Å². The maximum Gasteiger partial charge on any atom is 0.221 e. The maximum atomic E-state index is 11.2. The highest BCUT2D eigenvalue weighted by molar-refractivity contribution is 6.00. The van der Waals surface area contributed by atoms with E-state index in [0.29, 0.717) is 11.2 Å². The van der Waals surface area contributed by atoms with Crippen LogP contribution in [-0.4, -0.2) is 15.9 Å². The van der Waals surface area contributed by atoms with E-state index >= 15 is 0 Å². The van der Waals surface area contributed by atoms with Gasteiger partial charge in [0.25, 0.3) is 0 Å². The van der Waals surface area contributed by atoms with Crippen LogP contribution in [-0.2, 0) is 4.79 Å². The number of hydrogen-bond acceptors (Lipinski definition) is 3. The third-order valence-corrected chi connectivity index (χ3v) is 2.68. The number of nitrogens with zero attached hydrogens (tertiary/aromatic N) is 2. The molecule has 18 heavy (non-hydrogen) atoms. The van der Waals surface area contributed by atoms with E-state index in [0.717, 1.165) is 16.6 Å². The van der Waals surface area contributed by atoms with Crippen molar-refractivity contribution in [2.24, 2.45) is 0 Å². The van der Waals surface area contributed by atoms with Crippen LogP contribution in [0, 0.1) is 0 Å². The maximum absolute atomic E-state index is 11.2. The molecule has 0 bridgehead atoms. The van der Waals surface area contributed by atoms with E-state index < -0.39 is 0 Å². The normalized spacial score (nSPS) is 10.7. The predicted octanol–water partition coefficient (Wildman–Crippen LogP) is 2.74. The van der Waals surface area contributed by atoms with Crippen molar-refractivity contribution in [3.05, 3.63) is 42.5 Å². The van der Waals surface area contributed by atoms with Gasteiger partial charge in [-0.2, -0.15) is 0 Å². The van der Waals surface area contributed by atoms with Gasteiger partial charge in [0.05, 0.1) is 22.2 Å². The molecule has 0 aliphatic rings. The number of hydrogen-bond donors (Lipinski definition) is 1. The van der Waals surface area contributed by atoms with E-state index in [1.807, 2.05) is 42.5 Å². The van der Waals surface area contributed by atoms with Gasteiger partial charge < -0.3 is 5.32 Å². The summed E-state index contributed by atoms with van der Waals surface area (Å²) in [7, 11) is 0. The average molecular weight is 237 g/mol. The second-order valence-electron chi connectivity index (χ2n) is 4.07. The third kappa shape index (κ3) is 1.78. The molecule has 0 fully saturated rings. The van der Waals surface area contributed by atoms with Crippen LogP contribution in [0.3, 0.4) is 0 Å². The molecule has 1 N–H and O–H groups in total. The number of benzene rings is 2. The summed E-state index contributed by atoms with van der Waals surface area (Å²) in [5.41, 5.74) is 3.86. The Kier molecular flexibility index (Phi) is 2.41. The highest BCUT2D eigenvalue weighted by atomic mass is 16.1. The first-order valence-electron chi connectivity index (χ1n) is 5.67. The molecular weight excluding hydrogens is 226 g/mol. The van der Waals surface area contributed by atoms with Crippen LogP contribution >= 0.6 is 0 Å². The Labute approximate surface area is 104 Å². The minimum atomic E-state index is -0.113. The van der Waals surface area contributed by atoms with Crippen molar-refractivity contribution in [3.8, 4) is 0 Å². The molecule has 0 radical (unpaired) electrons. The first-order chi connectivity index (χ1) is 8.74. The number of amides is 1. The molecule has 0 aliphatic heterocycles. The van der Waals surface area contributed by atoms with Crippen molar-refractivity contribution < 1.29 is 4.79 Å². The van der Waals surface area contributed by atoms with Gasteiger partial charge in [-0.3, -0.25) is 4.79 Å². The lowest BCUT2D eigenvalue weighted by Crippen LogP contribution is -2.06. The second-order valence-corrected chi connectivity index (χ2v) is 4.07. The smallest absolute Gasteiger partial charge is 0.221 e. The summed E-state index contributed by atoms with van der Waals surface area (Å²) >= 11 is 0. The lowest BCUT2D eigenvalue weighted by atomic mass is 10.2. The number of fused-ring (bicyclic) bond motifs is 2. The molecule has 1 heterocycles. The third-order valence-electron chi connectivity index (χ3n) is 2.68. The van der Waals surface area contributed by atoms with Gasteiger partial charge in [-0.25, -0.2) is 9.97 Å². The van der Waals surface area contributed by atoms with Gasteiger partial charge in [-0.1, -0.05) is 18.2 Å². The zero-order valence-corrected chi connectivity index (χ0v) is 9.84. The van der Waals surface area contributed by atoms with Crippen LogP contribution < -0.4 is 5.32 Å². The standard InChI is InChI=1S/C14H11N3O/c1-9(18)15-12-7-4-8-13-14(12)17-11-6-3-2-5-10(11)16-13/h2-8H,1H3,(H,15,18). The fourth-order valence-corrected chi connectivity index (χ4v) is 1.93. The molecule has 1 amide bonds. The Hall–Kier alpha value is -2.49. The molecule has 4 heteroatoms. The monoisotopic (exact) mass is 237 g/mol. The molecule has 0 atom stereocenters. The van der Waals surface area contributed by atoms with E-state index in [1.165, 1.54) is 6.92 Å². The van der Waals surface area contributed by atoms with Gasteiger partial charge in [0.2, 0.25) is 5.91 Å². The molecule has 0 unspecified atom stereocenters. The summed E-state index contributed by atoms with van der Waals surface area (Å²) in [6.07, 6.45) is 0. The van der Waals surface area contributed by atoms with Crippen molar-refractivity contribution in [1.29, 1.82) is 0 Å². The highest BCUT2D eigenvalue weighted by Gasteiger charge is 2.06. The number of carbonyl (C=O) groups excluding carboxylic acids is 1. The van der Waals surface area contributed by atoms with Gasteiger partial charge >= 0.3 is 0 Å². The summed E-state index contributed by atoms with van der Waals surface area (Å²) in [5.74, 6) is -0.113. The van der Waals surface area contributed by atoms with Crippen molar-refractivity contribution in [2.45, 2.75) is 6.92 Å². The number of rotatable bonds is 1. The summed E-state index contributed by atoms with van der Waals surface area (Å²) in [6.45, 7) is 1.48. The minimum absolute atomic E-state index is 0.113. The Balaban J connectivity index is 2.32. The number of anilines is 1. The molecule has 4 nitrogen and oxygen atoms in total. The van der Waals surface area contributed by atoms with Crippen LogP contribution in [0.4, 0.5) is 5.69 Å². The largest absolute Gasteiger partial charge is 0.324 e. The van der Waals surface area contributed by atoms with Crippen LogP contribution in [0.5, 0.6) is 0 Å². The zero-order chi connectivity index (χ0) is 12.5. The minimum Gasteiger partial charge on any atom is -0.324 e. The lowest BCUT2D eigenvalue weighted by molar-refractivity contribution is -0.114. The number of aromatic nitrogens is 2. The van der Waals surface area contributed by atoms with Crippen LogP contribution in [0.2, 0.25) is 0 Å². The average Bonchev–Trinajstić information content (AvgIpc) is 2.36. The second kappa shape index (κ2) is 4.07. The molecule has 0 saturated carbocycles. The number of para-hydroxylation sites is 3. The molecular formula is C14H11N3O. The van der Waals surface area contributed by atoms with E-state index in [9.17, 15) is 4.79 Å². The Morgan fingerprint density at radius 2 is 1.61 bits per heavy atom. The number of carbonyl (C=O) groups is 1. The van der Waals surface area contributed by atoms with Gasteiger partial charge in [-0.05, 0) is 24.3 Å². The first-order valence-corrected chi connectivity index (χ1v) is 5.67.